The predicted octanol–water partition coefficient (Wildman–Crippen LogP) is 3.14. The quantitative estimate of drug-likeness (QED) is 0.828. The lowest BCUT2D eigenvalue weighted by atomic mass is 9.92. The van der Waals surface area contributed by atoms with E-state index in [2.05, 4.69) is 0 Å². The first-order valence-corrected chi connectivity index (χ1v) is 6.57. The molecule has 0 unspecified atom stereocenters. The van der Waals surface area contributed by atoms with Crippen LogP contribution in [-0.2, 0) is 4.79 Å². The van der Waals surface area contributed by atoms with Gasteiger partial charge in [-0.2, -0.15) is 0 Å². The van der Waals surface area contributed by atoms with Gasteiger partial charge < -0.3 is 9.84 Å². The Hall–Kier alpha value is -2.62. The zero-order chi connectivity index (χ0) is 15.2. The molecule has 0 saturated heterocycles. The molecule has 0 aliphatic rings. The minimum Gasteiger partial charge on any atom is -0.497 e. The van der Waals surface area contributed by atoms with E-state index in [1.165, 1.54) is 0 Å². The Bertz CT molecular complexity index is 617. The van der Waals surface area contributed by atoms with Gasteiger partial charge in [-0.15, -0.1) is 0 Å². The summed E-state index contributed by atoms with van der Waals surface area (Å²) in [6.45, 7) is 0. The molecule has 2 aromatic carbocycles. The fourth-order valence-electron chi connectivity index (χ4n) is 2.11. The summed E-state index contributed by atoms with van der Waals surface area (Å²) in [6, 6.07) is 15.5. The zero-order valence-corrected chi connectivity index (χ0v) is 11.7. The maximum Gasteiger partial charge on any atom is 0.311 e. The summed E-state index contributed by atoms with van der Waals surface area (Å²) in [7, 11) is 1.55. The van der Waals surface area contributed by atoms with E-state index in [-0.39, 0.29) is 12.2 Å². The Morgan fingerprint density at radius 1 is 1.05 bits per heavy atom. The fraction of sp³-hybridized carbons (Fsp3) is 0.176. The molecule has 0 spiro atoms. The number of ether oxygens (including phenoxy) is 1. The number of carboxylic acid groups (broad SMARTS) is 1. The highest BCUT2D eigenvalue weighted by molar-refractivity contribution is 5.99. The van der Waals surface area contributed by atoms with E-state index < -0.39 is 11.9 Å². The van der Waals surface area contributed by atoms with Crippen molar-refractivity contribution in [2.75, 3.05) is 7.11 Å². The van der Waals surface area contributed by atoms with Gasteiger partial charge in [-0.1, -0.05) is 30.3 Å². The summed E-state index contributed by atoms with van der Waals surface area (Å²) in [4.78, 5) is 23.6. The highest BCUT2D eigenvalue weighted by Crippen LogP contribution is 2.23. The van der Waals surface area contributed by atoms with Crippen LogP contribution in [0.4, 0.5) is 0 Å². The zero-order valence-electron chi connectivity index (χ0n) is 11.7. The maximum absolute atomic E-state index is 12.2. The Labute approximate surface area is 123 Å². The van der Waals surface area contributed by atoms with Crippen LogP contribution in [0, 0.1) is 0 Å². The lowest BCUT2D eigenvalue weighted by Gasteiger charge is -2.12. The molecule has 0 aliphatic heterocycles. The summed E-state index contributed by atoms with van der Waals surface area (Å²) in [5.41, 5.74) is 1.12. The molecule has 0 bridgehead atoms. The van der Waals surface area contributed by atoms with Crippen molar-refractivity contribution in [2.24, 2.45) is 0 Å². The van der Waals surface area contributed by atoms with Gasteiger partial charge in [0.1, 0.15) is 5.75 Å². The number of aliphatic carboxylic acids is 1. The van der Waals surface area contributed by atoms with Crippen molar-refractivity contribution in [3.05, 3.63) is 65.7 Å². The Kier molecular flexibility index (Phi) is 4.72. The summed E-state index contributed by atoms with van der Waals surface area (Å²) < 4.78 is 5.03. The van der Waals surface area contributed by atoms with E-state index in [0.717, 1.165) is 0 Å². The first kappa shape index (κ1) is 14.8. The third-order valence-corrected chi connectivity index (χ3v) is 3.30. The predicted molar refractivity (Wildman–Crippen MR) is 78.8 cm³/mol. The van der Waals surface area contributed by atoms with E-state index in [4.69, 9.17) is 4.74 Å². The largest absolute Gasteiger partial charge is 0.497 e. The van der Waals surface area contributed by atoms with Gasteiger partial charge in [-0.3, -0.25) is 9.59 Å². The van der Waals surface area contributed by atoms with E-state index >= 15 is 0 Å². The Morgan fingerprint density at radius 3 is 2.19 bits per heavy atom. The highest BCUT2D eigenvalue weighted by Gasteiger charge is 2.23. The minimum absolute atomic E-state index is 0.0638. The van der Waals surface area contributed by atoms with Crippen LogP contribution in [0.1, 0.15) is 28.3 Å². The third-order valence-electron chi connectivity index (χ3n) is 3.30. The van der Waals surface area contributed by atoms with Crippen LogP contribution < -0.4 is 4.74 Å². The van der Waals surface area contributed by atoms with Crippen molar-refractivity contribution in [3.63, 3.8) is 0 Å². The average molecular weight is 284 g/mol. The van der Waals surface area contributed by atoms with Gasteiger partial charge >= 0.3 is 5.97 Å². The molecular weight excluding hydrogens is 268 g/mol. The molecule has 2 rings (SSSR count). The van der Waals surface area contributed by atoms with Crippen molar-refractivity contribution in [3.8, 4) is 5.75 Å². The molecule has 21 heavy (non-hydrogen) atoms. The Balaban J connectivity index is 2.16. The van der Waals surface area contributed by atoms with Crippen LogP contribution in [0.2, 0.25) is 0 Å². The number of ketones is 1. The van der Waals surface area contributed by atoms with Crippen LogP contribution in [0.5, 0.6) is 5.75 Å². The van der Waals surface area contributed by atoms with Crippen molar-refractivity contribution in [1.29, 1.82) is 0 Å². The van der Waals surface area contributed by atoms with Gasteiger partial charge in [-0.05, 0) is 29.8 Å². The summed E-state index contributed by atoms with van der Waals surface area (Å²) in [6.07, 6.45) is -0.0638. The van der Waals surface area contributed by atoms with E-state index in [1.54, 1.807) is 55.6 Å². The molecule has 2 aromatic rings. The lowest BCUT2D eigenvalue weighted by molar-refractivity contribution is -0.138. The molecule has 0 aromatic heterocycles. The van der Waals surface area contributed by atoms with E-state index in [9.17, 15) is 14.7 Å². The van der Waals surface area contributed by atoms with Gasteiger partial charge in [0, 0.05) is 12.0 Å². The van der Waals surface area contributed by atoms with Crippen molar-refractivity contribution < 1.29 is 19.4 Å². The molecule has 4 heteroatoms. The van der Waals surface area contributed by atoms with E-state index in [1.807, 2.05) is 6.07 Å². The van der Waals surface area contributed by atoms with Crippen LogP contribution in [-0.4, -0.2) is 24.0 Å². The number of carboxylic acids is 1. The summed E-state index contributed by atoms with van der Waals surface area (Å²) in [5.74, 6) is -1.37. The molecule has 4 nitrogen and oxygen atoms in total. The van der Waals surface area contributed by atoms with Gasteiger partial charge in [0.05, 0.1) is 13.0 Å². The number of Topliss-reactive ketones (excluding diaryl/α,β-unsaturated/α-hetero) is 1. The molecule has 1 N–H and O–H groups in total. The molecule has 108 valence electrons. The molecular formula is C17H16O4. The van der Waals surface area contributed by atoms with Crippen molar-refractivity contribution >= 4 is 11.8 Å². The normalized spacial score (nSPS) is 11.7. The molecule has 1 atom stereocenters. The number of hydrogen-bond donors (Lipinski definition) is 1. The first-order chi connectivity index (χ1) is 10.1. The second kappa shape index (κ2) is 6.70. The first-order valence-electron chi connectivity index (χ1n) is 6.57. The van der Waals surface area contributed by atoms with Crippen LogP contribution in [0.3, 0.4) is 0 Å². The van der Waals surface area contributed by atoms with Crippen LogP contribution >= 0.6 is 0 Å². The maximum atomic E-state index is 12.2. The Morgan fingerprint density at radius 2 is 1.67 bits per heavy atom. The molecule has 0 saturated carbocycles. The summed E-state index contributed by atoms with van der Waals surface area (Å²) >= 11 is 0. The molecule has 0 aliphatic carbocycles. The van der Waals surface area contributed by atoms with Gasteiger partial charge in [0.2, 0.25) is 0 Å². The van der Waals surface area contributed by atoms with E-state index in [0.29, 0.717) is 16.9 Å². The van der Waals surface area contributed by atoms with Crippen molar-refractivity contribution in [2.45, 2.75) is 12.3 Å². The lowest BCUT2D eigenvalue weighted by Crippen LogP contribution is -2.16. The topological polar surface area (TPSA) is 63.6 Å². The van der Waals surface area contributed by atoms with Crippen LogP contribution in [0.25, 0.3) is 0 Å². The van der Waals surface area contributed by atoms with Crippen molar-refractivity contribution in [1.82, 2.24) is 0 Å². The van der Waals surface area contributed by atoms with Gasteiger partial charge in [-0.25, -0.2) is 0 Å². The number of rotatable bonds is 6. The smallest absolute Gasteiger partial charge is 0.311 e. The summed E-state index contributed by atoms with van der Waals surface area (Å²) in [5, 5.41) is 9.33. The minimum atomic E-state index is -0.997. The number of methoxy groups -OCH3 is 1. The molecule has 0 radical (unpaired) electrons. The number of hydrogen-bond acceptors (Lipinski definition) is 3. The average Bonchev–Trinajstić information content (AvgIpc) is 2.53. The highest BCUT2D eigenvalue weighted by atomic mass is 16.5. The molecule has 0 fully saturated rings. The van der Waals surface area contributed by atoms with Crippen LogP contribution in [0.15, 0.2) is 54.6 Å². The number of benzene rings is 2. The van der Waals surface area contributed by atoms with Gasteiger partial charge in [0.15, 0.2) is 5.78 Å². The number of carbonyl (C=O) groups is 2. The second-order valence-corrected chi connectivity index (χ2v) is 4.66. The second-order valence-electron chi connectivity index (χ2n) is 4.66. The SMILES string of the molecule is COc1ccc(C(=O)C[C@@H](C(=O)O)c2ccccc2)cc1. The monoisotopic (exact) mass is 284 g/mol. The molecule has 0 heterocycles. The third kappa shape index (κ3) is 3.69. The fourth-order valence-corrected chi connectivity index (χ4v) is 2.11. The molecule has 0 amide bonds. The standard InChI is InChI=1S/C17H16O4/c1-21-14-9-7-13(8-10-14)16(18)11-15(17(19)20)12-5-3-2-4-6-12/h2-10,15H,11H2,1H3,(H,19,20)/t15-/m1/s1. The van der Waals surface area contributed by atoms with Gasteiger partial charge in [0.25, 0.3) is 0 Å². The number of carbonyl (C=O) groups excluding carboxylic acids is 1.